The first-order chi connectivity index (χ1) is 9.54. The molecule has 0 saturated heterocycles. The lowest BCUT2D eigenvalue weighted by Crippen LogP contribution is -2.10. The molecule has 0 aliphatic rings. The van der Waals surface area contributed by atoms with E-state index in [1.807, 2.05) is 25.1 Å². The van der Waals surface area contributed by atoms with Gasteiger partial charge in [0.15, 0.2) is 0 Å². The summed E-state index contributed by atoms with van der Waals surface area (Å²) in [4.78, 5) is 18.4. The Morgan fingerprint density at radius 1 is 1.30 bits per heavy atom. The summed E-state index contributed by atoms with van der Waals surface area (Å²) in [5, 5.41) is 1.38. The third-order valence-corrected chi connectivity index (χ3v) is 3.38. The number of aromatic nitrogens is 2. The Morgan fingerprint density at radius 2 is 2.10 bits per heavy atom. The molecule has 1 amide bonds. The molecule has 20 heavy (non-hydrogen) atoms. The van der Waals surface area contributed by atoms with Gasteiger partial charge < -0.3 is 10.7 Å². The summed E-state index contributed by atoms with van der Waals surface area (Å²) >= 11 is 5.95. The SMILES string of the molecule is Cc1cc(-c2ccnc(Cl)c2)c2[nH]c(C(N)=O)cc2c1. The van der Waals surface area contributed by atoms with Crippen LogP contribution in [0.3, 0.4) is 0 Å². The summed E-state index contributed by atoms with van der Waals surface area (Å²) in [6, 6.07) is 9.47. The van der Waals surface area contributed by atoms with Gasteiger partial charge in [0.25, 0.3) is 5.91 Å². The number of aryl methyl sites for hydroxylation is 1. The van der Waals surface area contributed by atoms with E-state index in [1.54, 1.807) is 18.3 Å². The maximum absolute atomic E-state index is 11.3. The number of carbonyl (C=O) groups is 1. The van der Waals surface area contributed by atoms with Gasteiger partial charge in [0.1, 0.15) is 10.8 Å². The number of fused-ring (bicyclic) bond motifs is 1. The average Bonchev–Trinajstić information content (AvgIpc) is 2.81. The predicted molar refractivity (Wildman–Crippen MR) is 79.8 cm³/mol. The Labute approximate surface area is 120 Å². The van der Waals surface area contributed by atoms with Crippen molar-refractivity contribution in [3.05, 3.63) is 52.9 Å². The highest BCUT2D eigenvalue weighted by molar-refractivity contribution is 6.29. The van der Waals surface area contributed by atoms with Gasteiger partial charge in [-0.25, -0.2) is 4.98 Å². The van der Waals surface area contributed by atoms with Crippen LogP contribution in [0.2, 0.25) is 5.15 Å². The fourth-order valence-corrected chi connectivity index (χ4v) is 2.50. The summed E-state index contributed by atoms with van der Waals surface area (Å²) < 4.78 is 0. The van der Waals surface area contributed by atoms with Crippen molar-refractivity contribution in [1.82, 2.24) is 9.97 Å². The van der Waals surface area contributed by atoms with Crippen LogP contribution in [-0.4, -0.2) is 15.9 Å². The minimum atomic E-state index is -0.474. The molecule has 3 rings (SSSR count). The Balaban J connectivity index is 2.31. The molecule has 0 aliphatic carbocycles. The number of aromatic amines is 1. The third-order valence-electron chi connectivity index (χ3n) is 3.18. The highest BCUT2D eigenvalue weighted by atomic mass is 35.5. The van der Waals surface area contributed by atoms with E-state index in [1.165, 1.54) is 0 Å². The van der Waals surface area contributed by atoms with Crippen molar-refractivity contribution in [3.63, 3.8) is 0 Å². The largest absolute Gasteiger partial charge is 0.364 e. The van der Waals surface area contributed by atoms with E-state index >= 15 is 0 Å². The summed E-state index contributed by atoms with van der Waals surface area (Å²) in [7, 11) is 0. The first kappa shape index (κ1) is 12.7. The third kappa shape index (κ3) is 2.14. The lowest BCUT2D eigenvalue weighted by atomic mass is 10.0. The standard InChI is InChI=1S/C15H12ClN3O/c1-8-4-10-6-12(15(17)20)19-14(10)11(5-8)9-2-3-18-13(16)7-9/h2-7,19H,1H3,(H2,17,20). The number of pyridine rings is 1. The molecule has 5 heteroatoms. The van der Waals surface area contributed by atoms with Crippen LogP contribution in [0.15, 0.2) is 36.5 Å². The lowest BCUT2D eigenvalue weighted by molar-refractivity contribution is 0.0996. The molecule has 0 radical (unpaired) electrons. The van der Waals surface area contributed by atoms with Crippen molar-refractivity contribution in [1.29, 1.82) is 0 Å². The Bertz CT molecular complexity index is 823. The van der Waals surface area contributed by atoms with E-state index in [2.05, 4.69) is 9.97 Å². The molecule has 4 nitrogen and oxygen atoms in total. The predicted octanol–water partition coefficient (Wildman–Crippen LogP) is 3.29. The number of nitrogens with zero attached hydrogens (tertiary/aromatic N) is 1. The van der Waals surface area contributed by atoms with E-state index in [4.69, 9.17) is 17.3 Å². The Hall–Kier alpha value is -2.33. The highest BCUT2D eigenvalue weighted by Crippen LogP contribution is 2.31. The van der Waals surface area contributed by atoms with Crippen molar-refractivity contribution in [2.24, 2.45) is 5.73 Å². The van der Waals surface area contributed by atoms with Crippen LogP contribution in [0.25, 0.3) is 22.0 Å². The first-order valence-electron chi connectivity index (χ1n) is 6.09. The number of carbonyl (C=O) groups excluding carboxylic acids is 1. The lowest BCUT2D eigenvalue weighted by Gasteiger charge is -2.06. The smallest absolute Gasteiger partial charge is 0.265 e. The van der Waals surface area contributed by atoms with Gasteiger partial charge >= 0.3 is 0 Å². The molecule has 0 fully saturated rings. The van der Waals surface area contributed by atoms with Gasteiger partial charge in [-0.15, -0.1) is 0 Å². The first-order valence-corrected chi connectivity index (χ1v) is 6.47. The minimum absolute atomic E-state index is 0.395. The number of amides is 1. The van der Waals surface area contributed by atoms with E-state index in [9.17, 15) is 4.79 Å². The second-order valence-corrected chi connectivity index (χ2v) is 5.08. The molecule has 0 unspecified atom stereocenters. The van der Waals surface area contributed by atoms with Crippen molar-refractivity contribution < 1.29 is 4.79 Å². The molecule has 0 aliphatic heterocycles. The average molecular weight is 286 g/mol. The molecular formula is C15H12ClN3O. The highest BCUT2D eigenvalue weighted by Gasteiger charge is 2.11. The number of H-pyrrole nitrogens is 1. The van der Waals surface area contributed by atoms with Gasteiger partial charge in [-0.05, 0) is 48.4 Å². The van der Waals surface area contributed by atoms with Crippen LogP contribution in [0.4, 0.5) is 0 Å². The molecule has 0 spiro atoms. The number of nitrogens with two attached hydrogens (primary N) is 1. The maximum atomic E-state index is 11.3. The molecule has 0 bridgehead atoms. The molecule has 2 heterocycles. The quantitative estimate of drug-likeness (QED) is 0.709. The summed E-state index contributed by atoms with van der Waals surface area (Å²) in [6.07, 6.45) is 1.66. The van der Waals surface area contributed by atoms with Gasteiger partial charge in [0, 0.05) is 17.1 Å². The molecule has 3 N–H and O–H groups in total. The Kier molecular flexibility index (Phi) is 2.95. The van der Waals surface area contributed by atoms with Crippen LogP contribution < -0.4 is 5.73 Å². The van der Waals surface area contributed by atoms with E-state index in [0.29, 0.717) is 10.8 Å². The van der Waals surface area contributed by atoms with Crippen LogP contribution in [-0.2, 0) is 0 Å². The van der Waals surface area contributed by atoms with Gasteiger partial charge in [-0.3, -0.25) is 4.79 Å². The van der Waals surface area contributed by atoms with E-state index < -0.39 is 5.91 Å². The van der Waals surface area contributed by atoms with Crippen LogP contribution in [0.5, 0.6) is 0 Å². The van der Waals surface area contributed by atoms with Crippen LogP contribution in [0.1, 0.15) is 16.1 Å². The molecular weight excluding hydrogens is 274 g/mol. The number of rotatable bonds is 2. The zero-order chi connectivity index (χ0) is 14.3. The number of nitrogens with one attached hydrogen (secondary N) is 1. The molecule has 1 aromatic carbocycles. The second kappa shape index (κ2) is 4.65. The van der Waals surface area contributed by atoms with Gasteiger partial charge in [-0.2, -0.15) is 0 Å². The van der Waals surface area contributed by atoms with Gasteiger partial charge in [-0.1, -0.05) is 11.6 Å². The maximum Gasteiger partial charge on any atom is 0.265 e. The molecule has 3 aromatic rings. The number of primary amides is 1. The molecule has 100 valence electrons. The van der Waals surface area contributed by atoms with Crippen LogP contribution >= 0.6 is 11.6 Å². The zero-order valence-corrected chi connectivity index (χ0v) is 11.5. The van der Waals surface area contributed by atoms with Crippen molar-refractivity contribution >= 4 is 28.4 Å². The van der Waals surface area contributed by atoms with Crippen LogP contribution in [0, 0.1) is 6.92 Å². The number of hydrogen-bond acceptors (Lipinski definition) is 2. The second-order valence-electron chi connectivity index (χ2n) is 4.69. The van der Waals surface area contributed by atoms with Crippen molar-refractivity contribution in [3.8, 4) is 11.1 Å². The number of hydrogen-bond donors (Lipinski definition) is 2. The van der Waals surface area contributed by atoms with Gasteiger partial charge in [0.2, 0.25) is 0 Å². The van der Waals surface area contributed by atoms with E-state index in [-0.39, 0.29) is 0 Å². The van der Waals surface area contributed by atoms with Crippen molar-refractivity contribution in [2.45, 2.75) is 6.92 Å². The Morgan fingerprint density at radius 3 is 2.80 bits per heavy atom. The molecule has 0 atom stereocenters. The summed E-state index contributed by atoms with van der Waals surface area (Å²) in [5.41, 5.74) is 9.59. The summed E-state index contributed by atoms with van der Waals surface area (Å²) in [5.74, 6) is -0.474. The minimum Gasteiger partial charge on any atom is -0.364 e. The fourth-order valence-electron chi connectivity index (χ4n) is 2.32. The number of halogens is 1. The van der Waals surface area contributed by atoms with Crippen molar-refractivity contribution in [2.75, 3.05) is 0 Å². The summed E-state index contributed by atoms with van der Waals surface area (Å²) in [6.45, 7) is 2.00. The topological polar surface area (TPSA) is 71.8 Å². The number of benzene rings is 1. The normalized spacial score (nSPS) is 10.9. The van der Waals surface area contributed by atoms with Gasteiger partial charge in [0.05, 0.1) is 5.52 Å². The zero-order valence-electron chi connectivity index (χ0n) is 10.8. The monoisotopic (exact) mass is 285 g/mol. The van der Waals surface area contributed by atoms with E-state index in [0.717, 1.165) is 27.6 Å². The fraction of sp³-hybridized carbons (Fsp3) is 0.0667. The molecule has 0 saturated carbocycles. The molecule has 2 aromatic heterocycles.